The van der Waals surface area contributed by atoms with Crippen LogP contribution in [0.5, 0.6) is 0 Å². The van der Waals surface area contributed by atoms with E-state index < -0.39 is 5.97 Å². The molecule has 0 aromatic heterocycles. The Morgan fingerprint density at radius 3 is 2.57 bits per heavy atom. The zero-order valence-electron chi connectivity index (χ0n) is 11.8. The summed E-state index contributed by atoms with van der Waals surface area (Å²) in [6.07, 6.45) is 0. The van der Waals surface area contributed by atoms with Crippen LogP contribution in [0.25, 0.3) is 11.1 Å². The summed E-state index contributed by atoms with van der Waals surface area (Å²) in [5.74, 6) is -0.754. The van der Waals surface area contributed by atoms with E-state index in [2.05, 4.69) is 0 Å². The standard InChI is InChI=1S/C17H14O4/c1-10-8-12(16(18)20-2)15(11-6-4-3-5-7-11)13-9-21-17(19)14(10)13/h3-8H,9H2,1-2H3. The number of rotatable bonds is 2. The van der Waals surface area contributed by atoms with Crippen molar-refractivity contribution in [1.29, 1.82) is 0 Å². The molecule has 0 fully saturated rings. The van der Waals surface area contributed by atoms with Gasteiger partial charge in [0.15, 0.2) is 0 Å². The van der Waals surface area contributed by atoms with E-state index in [0.717, 1.165) is 16.7 Å². The van der Waals surface area contributed by atoms with Gasteiger partial charge in [0.25, 0.3) is 0 Å². The second-order valence-corrected chi connectivity index (χ2v) is 4.90. The lowest BCUT2D eigenvalue weighted by molar-refractivity contribution is 0.0534. The van der Waals surface area contributed by atoms with E-state index in [0.29, 0.717) is 16.7 Å². The van der Waals surface area contributed by atoms with Gasteiger partial charge in [-0.15, -0.1) is 0 Å². The third kappa shape index (κ3) is 2.09. The number of hydrogen-bond donors (Lipinski definition) is 0. The lowest BCUT2D eigenvalue weighted by Crippen LogP contribution is -2.08. The Bertz CT molecular complexity index is 732. The molecule has 0 N–H and O–H groups in total. The van der Waals surface area contributed by atoms with E-state index >= 15 is 0 Å². The summed E-state index contributed by atoms with van der Waals surface area (Å²) in [5.41, 5.74) is 4.08. The van der Waals surface area contributed by atoms with Crippen LogP contribution in [0.15, 0.2) is 36.4 Å². The second-order valence-electron chi connectivity index (χ2n) is 4.90. The van der Waals surface area contributed by atoms with Gasteiger partial charge >= 0.3 is 11.9 Å². The van der Waals surface area contributed by atoms with Crippen molar-refractivity contribution in [2.45, 2.75) is 13.5 Å². The molecular weight excluding hydrogens is 268 g/mol. The molecule has 2 aromatic carbocycles. The van der Waals surface area contributed by atoms with Gasteiger partial charge in [0, 0.05) is 11.1 Å². The maximum absolute atomic E-state index is 12.1. The quantitative estimate of drug-likeness (QED) is 0.794. The summed E-state index contributed by atoms with van der Waals surface area (Å²) >= 11 is 0. The first-order valence-corrected chi connectivity index (χ1v) is 6.61. The molecule has 0 atom stereocenters. The number of benzene rings is 2. The van der Waals surface area contributed by atoms with Crippen LogP contribution >= 0.6 is 0 Å². The third-order valence-electron chi connectivity index (χ3n) is 3.65. The van der Waals surface area contributed by atoms with E-state index in [9.17, 15) is 9.59 Å². The molecule has 3 rings (SSSR count). The Hall–Kier alpha value is -2.62. The summed E-state index contributed by atoms with van der Waals surface area (Å²) in [7, 11) is 1.35. The summed E-state index contributed by atoms with van der Waals surface area (Å²) in [5, 5.41) is 0. The van der Waals surface area contributed by atoms with E-state index in [1.165, 1.54) is 7.11 Å². The van der Waals surface area contributed by atoms with Crippen LogP contribution in [0, 0.1) is 6.92 Å². The van der Waals surface area contributed by atoms with E-state index in [1.54, 1.807) is 13.0 Å². The van der Waals surface area contributed by atoms with Crippen molar-refractivity contribution in [3.63, 3.8) is 0 Å². The number of fused-ring (bicyclic) bond motifs is 1. The average molecular weight is 282 g/mol. The highest BCUT2D eigenvalue weighted by Crippen LogP contribution is 2.36. The normalized spacial score (nSPS) is 12.8. The molecule has 0 radical (unpaired) electrons. The Morgan fingerprint density at radius 1 is 1.19 bits per heavy atom. The molecule has 1 aliphatic rings. The molecule has 0 aliphatic carbocycles. The maximum atomic E-state index is 12.1. The molecular formula is C17H14O4. The summed E-state index contributed by atoms with van der Waals surface area (Å²) in [6.45, 7) is 1.98. The van der Waals surface area contributed by atoms with Crippen molar-refractivity contribution in [1.82, 2.24) is 0 Å². The minimum absolute atomic E-state index is 0.185. The first kappa shape index (κ1) is 13.4. The van der Waals surface area contributed by atoms with Crippen LogP contribution in [0.2, 0.25) is 0 Å². The number of hydrogen-bond acceptors (Lipinski definition) is 4. The number of cyclic esters (lactones) is 1. The smallest absolute Gasteiger partial charge is 0.339 e. The molecule has 1 aliphatic heterocycles. The monoisotopic (exact) mass is 282 g/mol. The Kier molecular flexibility index (Phi) is 3.22. The van der Waals surface area contributed by atoms with Crippen LogP contribution < -0.4 is 0 Å². The molecule has 1 heterocycles. The lowest BCUT2D eigenvalue weighted by atomic mass is 9.89. The largest absolute Gasteiger partial charge is 0.465 e. The molecule has 106 valence electrons. The molecule has 21 heavy (non-hydrogen) atoms. The fourth-order valence-corrected chi connectivity index (χ4v) is 2.73. The van der Waals surface area contributed by atoms with Crippen LogP contribution in [0.3, 0.4) is 0 Å². The zero-order valence-corrected chi connectivity index (χ0v) is 11.8. The molecule has 0 bridgehead atoms. The van der Waals surface area contributed by atoms with E-state index in [1.807, 2.05) is 30.3 Å². The number of carbonyl (C=O) groups is 2. The lowest BCUT2D eigenvalue weighted by Gasteiger charge is -2.13. The molecule has 4 nitrogen and oxygen atoms in total. The molecule has 0 unspecified atom stereocenters. The van der Waals surface area contributed by atoms with Crippen molar-refractivity contribution >= 4 is 11.9 Å². The third-order valence-corrected chi connectivity index (χ3v) is 3.65. The van der Waals surface area contributed by atoms with Gasteiger partial charge in [0.05, 0.1) is 18.2 Å². The van der Waals surface area contributed by atoms with Gasteiger partial charge in [-0.3, -0.25) is 0 Å². The maximum Gasteiger partial charge on any atom is 0.339 e. The summed E-state index contributed by atoms with van der Waals surface area (Å²) in [4.78, 5) is 24.0. The van der Waals surface area contributed by atoms with Gasteiger partial charge in [-0.25, -0.2) is 9.59 Å². The van der Waals surface area contributed by atoms with Crippen molar-refractivity contribution in [2.24, 2.45) is 0 Å². The minimum atomic E-state index is -0.417. The van der Waals surface area contributed by atoms with Gasteiger partial charge in [-0.1, -0.05) is 30.3 Å². The van der Waals surface area contributed by atoms with Gasteiger partial charge in [-0.05, 0) is 24.1 Å². The predicted octanol–water partition coefficient (Wildman–Crippen LogP) is 3.12. The Morgan fingerprint density at radius 2 is 1.90 bits per heavy atom. The van der Waals surface area contributed by atoms with Crippen molar-refractivity contribution in [3.05, 3.63) is 58.7 Å². The summed E-state index contributed by atoms with van der Waals surface area (Å²) in [6, 6.07) is 11.2. The van der Waals surface area contributed by atoms with Gasteiger partial charge in [-0.2, -0.15) is 0 Å². The predicted molar refractivity (Wildman–Crippen MR) is 77.1 cm³/mol. The molecule has 0 spiro atoms. The van der Waals surface area contributed by atoms with Gasteiger partial charge in [0.1, 0.15) is 6.61 Å². The van der Waals surface area contributed by atoms with Crippen LogP contribution in [0.4, 0.5) is 0 Å². The molecule has 0 saturated heterocycles. The molecule has 0 amide bonds. The average Bonchev–Trinajstić information content (AvgIpc) is 2.89. The first-order valence-electron chi connectivity index (χ1n) is 6.61. The highest BCUT2D eigenvalue weighted by molar-refractivity contribution is 6.04. The van der Waals surface area contributed by atoms with Crippen LogP contribution in [0.1, 0.15) is 31.8 Å². The van der Waals surface area contributed by atoms with Gasteiger partial charge < -0.3 is 9.47 Å². The molecule has 2 aromatic rings. The second kappa shape index (κ2) is 5.05. The highest BCUT2D eigenvalue weighted by atomic mass is 16.5. The first-order chi connectivity index (χ1) is 10.1. The van der Waals surface area contributed by atoms with Crippen LogP contribution in [-0.2, 0) is 16.1 Å². The number of aryl methyl sites for hydroxylation is 1. The molecule has 4 heteroatoms. The number of ether oxygens (including phenoxy) is 2. The number of esters is 2. The highest BCUT2D eigenvalue weighted by Gasteiger charge is 2.30. The SMILES string of the molecule is COC(=O)c1cc(C)c2c(c1-c1ccccc1)COC2=O. The van der Waals surface area contributed by atoms with Gasteiger partial charge in [0.2, 0.25) is 0 Å². The van der Waals surface area contributed by atoms with E-state index in [4.69, 9.17) is 9.47 Å². The van der Waals surface area contributed by atoms with Crippen molar-refractivity contribution < 1.29 is 19.1 Å². The number of methoxy groups -OCH3 is 1. The minimum Gasteiger partial charge on any atom is -0.465 e. The fourth-order valence-electron chi connectivity index (χ4n) is 2.73. The Labute approximate surface area is 122 Å². The fraction of sp³-hybridized carbons (Fsp3) is 0.176. The van der Waals surface area contributed by atoms with Crippen LogP contribution in [-0.4, -0.2) is 19.0 Å². The number of carbonyl (C=O) groups excluding carboxylic acids is 2. The Balaban J connectivity index is 2.35. The topological polar surface area (TPSA) is 52.6 Å². The van der Waals surface area contributed by atoms with Crippen molar-refractivity contribution in [2.75, 3.05) is 7.11 Å². The van der Waals surface area contributed by atoms with Crippen molar-refractivity contribution in [3.8, 4) is 11.1 Å². The summed E-state index contributed by atoms with van der Waals surface area (Å²) < 4.78 is 10.0. The van der Waals surface area contributed by atoms with E-state index in [-0.39, 0.29) is 12.6 Å². The zero-order chi connectivity index (χ0) is 15.0. The molecule has 0 saturated carbocycles.